The summed E-state index contributed by atoms with van der Waals surface area (Å²) in [5.41, 5.74) is 6.69. The largest absolute Gasteiger partial charge is 1.00 e. The summed E-state index contributed by atoms with van der Waals surface area (Å²) < 4.78 is 0. The van der Waals surface area contributed by atoms with Gasteiger partial charge in [0.15, 0.2) is 0 Å². The number of carbonyl (C=O) groups is 4. The first-order chi connectivity index (χ1) is 20.0. The molecule has 0 unspecified atom stereocenters. The van der Waals surface area contributed by atoms with Crippen LogP contribution in [0.2, 0.25) is 10.0 Å². The average molecular weight is 667 g/mol. The van der Waals surface area contributed by atoms with Gasteiger partial charge in [0.2, 0.25) is 6.08 Å². The predicted octanol–water partition coefficient (Wildman–Crippen LogP) is -0.165. The van der Waals surface area contributed by atoms with Gasteiger partial charge in [0.05, 0.1) is 17.5 Å². The van der Waals surface area contributed by atoms with Crippen LogP contribution in [0.5, 0.6) is 0 Å². The van der Waals surface area contributed by atoms with Crippen LogP contribution >= 0.6 is 23.2 Å². The van der Waals surface area contributed by atoms with Crippen LogP contribution in [0.4, 0.5) is 16.2 Å². The quantitative estimate of drug-likeness (QED) is 0.0679. The van der Waals surface area contributed by atoms with Crippen LogP contribution in [0.1, 0.15) is 38.5 Å². The van der Waals surface area contributed by atoms with E-state index in [2.05, 4.69) is 20.5 Å². The van der Waals surface area contributed by atoms with Crippen LogP contribution in [0.25, 0.3) is 0 Å². The minimum absolute atomic E-state index is 0. The summed E-state index contributed by atoms with van der Waals surface area (Å²) in [6, 6.07) is 12.6. The SMILES string of the molecule is N[C@H]1CCC[C@H]1C(=O)O.O.O=C(Nc1ccc(Cl)cc1)N[C@H]1CCC[C@H]1C(=O)O.O=C=Nc1ccc(Cl)cc1.O=CO[O-].[Na+]. The van der Waals surface area contributed by atoms with Crippen molar-refractivity contribution in [2.45, 2.75) is 50.6 Å². The summed E-state index contributed by atoms with van der Waals surface area (Å²) in [5.74, 6) is -2.35. The number of halogens is 2. The van der Waals surface area contributed by atoms with Gasteiger partial charge in [-0.15, -0.1) is 0 Å². The van der Waals surface area contributed by atoms with Crippen LogP contribution in [0.3, 0.4) is 0 Å². The number of amides is 2. The minimum atomic E-state index is -0.853. The van der Waals surface area contributed by atoms with Crippen LogP contribution < -0.4 is 51.2 Å². The molecule has 0 saturated heterocycles. The van der Waals surface area contributed by atoms with Crippen LogP contribution in [-0.2, 0) is 24.1 Å². The maximum atomic E-state index is 11.8. The number of aliphatic carboxylic acids is 2. The molecule has 4 rings (SSSR count). The summed E-state index contributed by atoms with van der Waals surface area (Å²) in [5, 5.41) is 32.5. The van der Waals surface area contributed by atoms with E-state index in [0.29, 0.717) is 34.3 Å². The van der Waals surface area contributed by atoms with Crippen LogP contribution in [-0.4, -0.2) is 58.3 Å². The summed E-state index contributed by atoms with van der Waals surface area (Å²) in [6.07, 6.45) is 6.17. The fourth-order valence-corrected chi connectivity index (χ4v) is 4.41. The smallest absolute Gasteiger partial charge is 0.662 e. The normalized spacial score (nSPS) is 19.0. The molecule has 2 fully saturated rings. The Balaban J connectivity index is 0. The third kappa shape index (κ3) is 17.3. The molecular weight excluding hydrogens is 634 g/mol. The van der Waals surface area contributed by atoms with Crippen LogP contribution in [0, 0.1) is 11.8 Å². The molecule has 14 nitrogen and oxygen atoms in total. The number of nitrogens with one attached hydrogen (secondary N) is 2. The fraction of sp³-hybridized carbons (Fsp3) is 0.370. The first-order valence-electron chi connectivity index (χ1n) is 12.6. The minimum Gasteiger partial charge on any atom is -0.662 e. The second kappa shape index (κ2) is 24.3. The summed E-state index contributed by atoms with van der Waals surface area (Å²) in [4.78, 5) is 57.5. The van der Waals surface area contributed by atoms with Crippen LogP contribution in [0.15, 0.2) is 53.5 Å². The van der Waals surface area contributed by atoms with Crippen molar-refractivity contribution in [3.05, 3.63) is 58.6 Å². The van der Waals surface area contributed by atoms with E-state index in [4.69, 9.17) is 49.2 Å². The Bertz CT molecular complexity index is 1200. The van der Waals surface area contributed by atoms with Crippen molar-refractivity contribution in [1.82, 2.24) is 5.32 Å². The molecule has 0 aromatic heterocycles. The van der Waals surface area contributed by atoms with Crippen molar-refractivity contribution in [2.24, 2.45) is 22.6 Å². The molecule has 236 valence electrons. The Hall–Kier alpha value is -3.04. The standard InChI is InChI=1S/C13H15ClN2O3.C7H4ClNO.C6H11NO2.CH2O3.Na.H2O/c14-8-4-6-9(7-5-8)15-13(19)16-11-3-1-2-10(11)12(17)18;8-6-1-3-7(4-2-6)9-5-10;7-5-3-1-2-4(5)6(8)9;2-1-4-3;;/h4-7,10-11H,1-3H2,(H,17,18)(H2,15,16,19);1-4H;4-5H,1-3,7H2,(H,8,9);1,3H;;1H2/q;;;;+1;/p-1/t10-,11+;;4-,5+;;;/m1.1.../s1. The molecular formula is C27H33Cl2N4NaO10. The molecule has 44 heavy (non-hydrogen) atoms. The van der Waals surface area contributed by atoms with Crippen molar-refractivity contribution in [3.63, 3.8) is 0 Å². The van der Waals surface area contributed by atoms with Crippen molar-refractivity contribution >= 4 is 65.1 Å². The predicted molar refractivity (Wildman–Crippen MR) is 155 cm³/mol. The average Bonchev–Trinajstić information content (AvgIpc) is 3.61. The van der Waals surface area contributed by atoms with Gasteiger partial charge in [0.25, 0.3) is 6.47 Å². The second-order valence-corrected chi connectivity index (χ2v) is 9.87. The number of benzene rings is 2. The number of anilines is 1. The maximum Gasteiger partial charge on any atom is 1.00 e. The monoisotopic (exact) mass is 666 g/mol. The van der Waals surface area contributed by atoms with E-state index in [9.17, 15) is 19.2 Å². The Kier molecular flexibility index (Phi) is 23.8. The molecule has 0 spiro atoms. The third-order valence-electron chi connectivity index (χ3n) is 6.18. The number of hydrogen-bond donors (Lipinski definition) is 5. The third-order valence-corrected chi connectivity index (χ3v) is 6.68. The zero-order valence-corrected chi connectivity index (χ0v) is 27.3. The van der Waals surface area contributed by atoms with Gasteiger partial charge >= 0.3 is 47.5 Å². The Morgan fingerprint density at radius 2 is 1.41 bits per heavy atom. The Morgan fingerprint density at radius 3 is 1.82 bits per heavy atom. The molecule has 0 bridgehead atoms. The second-order valence-electron chi connectivity index (χ2n) is 9.00. The number of nitrogens with zero attached hydrogens (tertiary/aromatic N) is 1. The van der Waals surface area contributed by atoms with Crippen molar-refractivity contribution in [2.75, 3.05) is 5.32 Å². The van der Waals surface area contributed by atoms with Crippen molar-refractivity contribution < 1.29 is 79.4 Å². The zero-order valence-electron chi connectivity index (χ0n) is 23.8. The Labute approximate surface area is 285 Å². The number of carboxylic acid groups (broad SMARTS) is 2. The number of carboxylic acids is 2. The molecule has 2 saturated carbocycles. The number of aliphatic imine (C=N–C) groups is 1. The summed E-state index contributed by atoms with van der Waals surface area (Å²) >= 11 is 11.3. The van der Waals surface area contributed by atoms with Gasteiger partial charge in [-0.2, -0.15) is 4.99 Å². The topological polar surface area (TPSA) is 252 Å². The molecule has 2 aliphatic carbocycles. The van der Waals surface area contributed by atoms with Gasteiger partial charge in [0.1, 0.15) is 0 Å². The Morgan fingerprint density at radius 1 is 0.932 bits per heavy atom. The molecule has 8 N–H and O–H groups in total. The van der Waals surface area contributed by atoms with E-state index in [1.165, 1.54) is 6.08 Å². The molecule has 17 heteroatoms. The maximum absolute atomic E-state index is 11.8. The van der Waals surface area contributed by atoms with E-state index in [1.54, 1.807) is 48.5 Å². The zero-order chi connectivity index (χ0) is 31.5. The van der Waals surface area contributed by atoms with Gasteiger partial charge in [-0.25, -0.2) is 9.59 Å². The first-order valence-corrected chi connectivity index (χ1v) is 13.4. The first kappa shape index (κ1) is 43.1. The molecule has 0 heterocycles. The van der Waals surface area contributed by atoms with Gasteiger partial charge in [0, 0.05) is 27.8 Å². The van der Waals surface area contributed by atoms with E-state index < -0.39 is 17.9 Å². The molecule has 2 aromatic carbocycles. The van der Waals surface area contributed by atoms with Gasteiger partial charge in [-0.1, -0.05) is 36.0 Å². The summed E-state index contributed by atoms with van der Waals surface area (Å²) in [7, 11) is 0. The molecule has 0 radical (unpaired) electrons. The number of hydrogen-bond acceptors (Lipinski definition) is 9. The van der Waals surface area contributed by atoms with E-state index in [-0.39, 0.29) is 65.5 Å². The molecule has 2 aliphatic rings. The molecule has 2 aromatic rings. The number of nitrogens with two attached hydrogens (primary N) is 1. The van der Waals surface area contributed by atoms with Gasteiger partial charge in [-0.3, -0.25) is 14.4 Å². The van der Waals surface area contributed by atoms with Crippen molar-refractivity contribution in [1.29, 1.82) is 0 Å². The van der Waals surface area contributed by atoms with E-state index in [0.717, 1.165) is 25.7 Å². The number of carbonyl (C=O) groups excluding carboxylic acids is 3. The number of urea groups is 1. The molecule has 4 atom stereocenters. The van der Waals surface area contributed by atoms with Gasteiger partial charge in [-0.05, 0) is 74.2 Å². The number of rotatable bonds is 6. The number of isocyanates is 1. The molecule has 0 aliphatic heterocycles. The van der Waals surface area contributed by atoms with E-state index >= 15 is 0 Å². The van der Waals surface area contributed by atoms with E-state index in [1.807, 2.05) is 0 Å². The van der Waals surface area contributed by atoms with Gasteiger partial charge < -0.3 is 42.2 Å². The molecule has 2 amide bonds. The van der Waals surface area contributed by atoms with Crippen molar-refractivity contribution in [3.8, 4) is 0 Å². The fourth-order valence-electron chi connectivity index (χ4n) is 4.16. The summed E-state index contributed by atoms with van der Waals surface area (Å²) in [6.45, 7) is -0.181.